The Bertz CT molecular complexity index is 1850. The quantitative estimate of drug-likeness (QED) is 0.132. The van der Waals surface area contributed by atoms with Gasteiger partial charge < -0.3 is 43.2 Å². The largest absolute Gasteiger partial charge is 0.493 e. The van der Waals surface area contributed by atoms with Crippen molar-refractivity contribution >= 4 is 11.9 Å². The Morgan fingerprint density at radius 1 is 0.828 bits per heavy atom. The van der Waals surface area contributed by atoms with Crippen molar-refractivity contribution in [3.8, 4) is 34.5 Å². The number of benzene rings is 3. The number of hydrogen-bond donors (Lipinski definition) is 1. The average molecular weight is 801 g/mol. The molecule has 2 saturated heterocycles. The summed E-state index contributed by atoms with van der Waals surface area (Å²) in [6.07, 6.45) is 9.51. The minimum Gasteiger partial charge on any atom is -0.493 e. The van der Waals surface area contributed by atoms with Crippen molar-refractivity contribution in [2.75, 3.05) is 81.5 Å². The van der Waals surface area contributed by atoms with E-state index < -0.39 is 23.3 Å². The number of methoxy groups -OCH3 is 5. The van der Waals surface area contributed by atoms with Crippen LogP contribution < -0.4 is 28.4 Å². The second kappa shape index (κ2) is 20.2. The van der Waals surface area contributed by atoms with Gasteiger partial charge in [-0.25, -0.2) is 4.79 Å². The SMILES string of the molecule is COc1ccc(CC[C@H](c2cccc(OCCN3CCOCC3)c2)[C@]2(C(=O)O)CCCCN2C(=O)[C@H](c2cc(OC)c(OC)c(OC)c2)[C@@H]2C=CCCC2)cc1OC. The third-order valence-electron chi connectivity index (χ3n) is 12.1. The summed E-state index contributed by atoms with van der Waals surface area (Å²) in [5.74, 6) is 0.515. The van der Waals surface area contributed by atoms with E-state index >= 15 is 4.79 Å². The molecular formula is C46H60N2O10. The van der Waals surface area contributed by atoms with Crippen molar-refractivity contribution in [2.24, 2.45) is 5.92 Å². The number of morpholine rings is 1. The van der Waals surface area contributed by atoms with Gasteiger partial charge in [0.2, 0.25) is 11.7 Å². The standard InChI is InChI=1S/C46H60N2O10/c1-52-38-19-17-32(28-39(38)53-2)16-18-37(34-14-11-15-36(29-34)58-27-24-47-22-25-57-26-23-47)46(45(50)51)20-9-10-21-48(46)44(49)42(33-12-7-6-8-13-33)35-30-40(54-3)43(56-5)41(31-35)55-4/h7,11-12,14-15,17,19,28-31,33,37,42H,6,8-10,13,16,18,20-27H2,1-5H3,(H,50,51)/t33-,37-,42+,46+/m1/s1. The Morgan fingerprint density at radius 2 is 1.57 bits per heavy atom. The molecule has 4 atom stereocenters. The normalized spacial score (nSPS) is 20.8. The first-order chi connectivity index (χ1) is 28.3. The second-order valence-electron chi connectivity index (χ2n) is 15.3. The molecule has 1 amide bonds. The summed E-state index contributed by atoms with van der Waals surface area (Å²) < 4.78 is 40.1. The van der Waals surface area contributed by atoms with E-state index in [-0.39, 0.29) is 11.8 Å². The van der Waals surface area contributed by atoms with Gasteiger partial charge >= 0.3 is 5.97 Å². The zero-order valence-corrected chi connectivity index (χ0v) is 34.7. The van der Waals surface area contributed by atoms with E-state index in [4.69, 9.17) is 33.2 Å². The third kappa shape index (κ3) is 9.34. The first-order valence-corrected chi connectivity index (χ1v) is 20.5. The van der Waals surface area contributed by atoms with Crippen LogP contribution in [0.1, 0.15) is 73.5 Å². The number of amides is 1. The number of allylic oxidation sites excluding steroid dienone is 2. The van der Waals surface area contributed by atoms with Crippen LogP contribution in [0, 0.1) is 5.92 Å². The van der Waals surface area contributed by atoms with Crippen LogP contribution in [0.15, 0.2) is 66.7 Å². The molecule has 1 N–H and O–H groups in total. The summed E-state index contributed by atoms with van der Waals surface area (Å²) >= 11 is 0. The number of piperidine rings is 1. The van der Waals surface area contributed by atoms with Crippen molar-refractivity contribution in [1.82, 2.24) is 9.80 Å². The number of hydrogen-bond acceptors (Lipinski definition) is 10. The predicted molar refractivity (Wildman–Crippen MR) is 221 cm³/mol. The van der Waals surface area contributed by atoms with Crippen LogP contribution in [-0.4, -0.2) is 114 Å². The van der Waals surface area contributed by atoms with Gasteiger partial charge in [0.1, 0.15) is 17.9 Å². The summed E-state index contributed by atoms with van der Waals surface area (Å²) in [6.45, 7) is 4.70. The molecule has 0 saturated carbocycles. The molecule has 2 aliphatic heterocycles. The summed E-state index contributed by atoms with van der Waals surface area (Å²) in [5.41, 5.74) is 0.916. The number of ether oxygens (including phenoxy) is 7. The van der Waals surface area contributed by atoms with Crippen molar-refractivity contribution in [1.29, 1.82) is 0 Å². The topological polar surface area (TPSA) is 125 Å². The molecule has 12 heteroatoms. The molecule has 0 radical (unpaired) electrons. The van der Waals surface area contributed by atoms with Gasteiger partial charge in [-0.05, 0) is 110 Å². The molecule has 6 rings (SSSR count). The summed E-state index contributed by atoms with van der Waals surface area (Å²) in [5, 5.41) is 11.7. The van der Waals surface area contributed by atoms with E-state index in [0.717, 1.165) is 50.0 Å². The van der Waals surface area contributed by atoms with Crippen molar-refractivity contribution in [3.05, 3.63) is 83.4 Å². The van der Waals surface area contributed by atoms with E-state index in [1.807, 2.05) is 54.6 Å². The summed E-state index contributed by atoms with van der Waals surface area (Å²) in [7, 11) is 7.87. The molecule has 0 spiro atoms. The van der Waals surface area contributed by atoms with Gasteiger partial charge in [0, 0.05) is 32.1 Å². The number of carbonyl (C=O) groups is 2. The van der Waals surface area contributed by atoms with Gasteiger partial charge in [-0.1, -0.05) is 30.4 Å². The highest BCUT2D eigenvalue weighted by Gasteiger charge is 2.55. The molecule has 2 fully saturated rings. The maximum absolute atomic E-state index is 15.6. The third-order valence-corrected chi connectivity index (χ3v) is 12.1. The van der Waals surface area contributed by atoms with Crippen molar-refractivity contribution in [2.45, 2.75) is 68.7 Å². The Kier molecular flexibility index (Phi) is 14.8. The lowest BCUT2D eigenvalue weighted by molar-refractivity contribution is -0.166. The Hall–Kier alpha value is -4.94. The van der Waals surface area contributed by atoms with Gasteiger partial charge in [-0.3, -0.25) is 9.69 Å². The average Bonchev–Trinajstić information content (AvgIpc) is 3.26. The van der Waals surface area contributed by atoms with Crippen molar-refractivity contribution < 1.29 is 47.9 Å². The van der Waals surface area contributed by atoms with E-state index in [0.29, 0.717) is 98.5 Å². The predicted octanol–water partition coefficient (Wildman–Crippen LogP) is 7.13. The highest BCUT2D eigenvalue weighted by Crippen LogP contribution is 2.49. The van der Waals surface area contributed by atoms with Gasteiger partial charge in [0.05, 0.1) is 54.7 Å². The molecule has 12 nitrogen and oxygen atoms in total. The number of carbonyl (C=O) groups excluding carboxylic acids is 1. The lowest BCUT2D eigenvalue weighted by Gasteiger charge is -2.50. The van der Waals surface area contributed by atoms with Crippen LogP contribution in [0.3, 0.4) is 0 Å². The molecule has 0 unspecified atom stereocenters. The van der Waals surface area contributed by atoms with Gasteiger partial charge in [0.25, 0.3) is 0 Å². The number of carboxylic acids is 1. The maximum atomic E-state index is 15.6. The van der Waals surface area contributed by atoms with Crippen molar-refractivity contribution in [3.63, 3.8) is 0 Å². The number of aryl methyl sites for hydroxylation is 1. The fourth-order valence-corrected chi connectivity index (χ4v) is 9.14. The minimum absolute atomic E-state index is 0.161. The molecule has 1 aliphatic carbocycles. The fraction of sp³-hybridized carbons (Fsp3) is 0.522. The van der Waals surface area contributed by atoms with Crippen LogP contribution in [-0.2, 0) is 20.7 Å². The lowest BCUT2D eigenvalue weighted by Crippen LogP contribution is -2.63. The molecular weight excluding hydrogens is 741 g/mol. The lowest BCUT2D eigenvalue weighted by atomic mass is 9.69. The molecule has 0 aromatic heterocycles. The van der Waals surface area contributed by atoms with E-state index in [1.165, 1.54) is 0 Å². The smallest absolute Gasteiger partial charge is 0.330 e. The maximum Gasteiger partial charge on any atom is 0.330 e. The van der Waals surface area contributed by atoms with Crippen LogP contribution in [0.4, 0.5) is 0 Å². The highest BCUT2D eigenvalue weighted by atomic mass is 16.5. The van der Waals surface area contributed by atoms with Gasteiger partial charge in [0.15, 0.2) is 23.0 Å². The number of likely N-dealkylation sites (tertiary alicyclic amines) is 1. The van der Waals surface area contributed by atoms with E-state index in [1.54, 1.807) is 40.4 Å². The number of rotatable bonds is 18. The monoisotopic (exact) mass is 800 g/mol. The number of carboxylic acid groups (broad SMARTS) is 1. The minimum atomic E-state index is -1.56. The number of nitrogens with zero attached hydrogens (tertiary/aromatic N) is 2. The molecule has 2 heterocycles. The fourth-order valence-electron chi connectivity index (χ4n) is 9.14. The highest BCUT2D eigenvalue weighted by molar-refractivity contribution is 5.92. The van der Waals surface area contributed by atoms with Crippen LogP contribution >= 0.6 is 0 Å². The number of aliphatic carboxylic acids is 1. The van der Waals surface area contributed by atoms with E-state index in [9.17, 15) is 9.90 Å². The van der Waals surface area contributed by atoms with Crippen LogP contribution in [0.25, 0.3) is 0 Å². The molecule has 3 aliphatic rings. The van der Waals surface area contributed by atoms with Crippen LogP contribution in [0.2, 0.25) is 0 Å². The Morgan fingerprint density at radius 3 is 2.22 bits per heavy atom. The zero-order chi connectivity index (χ0) is 41.1. The molecule has 58 heavy (non-hydrogen) atoms. The Balaban J connectivity index is 1.43. The molecule has 314 valence electrons. The zero-order valence-electron chi connectivity index (χ0n) is 34.7. The molecule has 3 aromatic carbocycles. The molecule has 3 aromatic rings. The molecule has 0 bridgehead atoms. The summed E-state index contributed by atoms with van der Waals surface area (Å²) in [6, 6.07) is 17.3. The first kappa shape index (κ1) is 42.7. The van der Waals surface area contributed by atoms with E-state index in [2.05, 4.69) is 17.1 Å². The summed E-state index contributed by atoms with van der Waals surface area (Å²) in [4.78, 5) is 34.0. The van der Waals surface area contributed by atoms with Crippen LogP contribution in [0.5, 0.6) is 34.5 Å². The van der Waals surface area contributed by atoms with Gasteiger partial charge in [-0.15, -0.1) is 0 Å². The first-order valence-electron chi connectivity index (χ1n) is 20.5. The second-order valence-corrected chi connectivity index (χ2v) is 15.3. The van der Waals surface area contributed by atoms with Gasteiger partial charge in [-0.2, -0.15) is 0 Å². The Labute approximate surface area is 342 Å².